The molecule has 0 fully saturated rings. The molecule has 2 N–H and O–H groups in total. The minimum atomic E-state index is -0.417. The van der Waals surface area contributed by atoms with E-state index in [1.165, 1.54) is 0 Å². The van der Waals surface area contributed by atoms with E-state index in [1.807, 2.05) is 31.2 Å². The van der Waals surface area contributed by atoms with Gasteiger partial charge in [0.15, 0.2) is 11.9 Å². The number of halogens is 1. The Bertz CT molecular complexity index is 1050. The Morgan fingerprint density at radius 2 is 2.00 bits per heavy atom. The second-order valence-corrected chi connectivity index (χ2v) is 7.17. The van der Waals surface area contributed by atoms with E-state index < -0.39 is 6.29 Å². The number of methoxy groups -OCH3 is 2. The zero-order valence-corrected chi connectivity index (χ0v) is 17.9. The van der Waals surface area contributed by atoms with Crippen molar-refractivity contribution in [1.82, 2.24) is 15.0 Å². The summed E-state index contributed by atoms with van der Waals surface area (Å²) >= 11 is 3.45. The molecule has 0 amide bonds. The molecule has 150 valence electrons. The fourth-order valence-corrected chi connectivity index (χ4v) is 3.14. The number of fused-ring (bicyclic) bond motifs is 1. The maximum absolute atomic E-state index is 9.25. The third-order valence-electron chi connectivity index (χ3n) is 4.48. The van der Waals surface area contributed by atoms with Gasteiger partial charge >= 0.3 is 0 Å². The summed E-state index contributed by atoms with van der Waals surface area (Å²) in [6.45, 7) is 2.84. The Morgan fingerprint density at radius 3 is 2.72 bits per heavy atom. The average molecular weight is 457 g/mol. The molecule has 9 heteroatoms. The van der Waals surface area contributed by atoms with E-state index in [0.29, 0.717) is 36.1 Å². The van der Waals surface area contributed by atoms with Crippen molar-refractivity contribution in [3.8, 4) is 6.07 Å². The Balaban J connectivity index is 1.90. The Labute approximate surface area is 177 Å². The van der Waals surface area contributed by atoms with E-state index in [2.05, 4.69) is 47.6 Å². The van der Waals surface area contributed by atoms with E-state index >= 15 is 0 Å². The van der Waals surface area contributed by atoms with Crippen LogP contribution in [0.2, 0.25) is 0 Å². The number of anilines is 2. The summed E-state index contributed by atoms with van der Waals surface area (Å²) in [5.74, 6) is 1.05. The fourth-order valence-electron chi connectivity index (χ4n) is 2.81. The van der Waals surface area contributed by atoms with Gasteiger partial charge in [-0.25, -0.2) is 4.98 Å². The molecule has 0 saturated heterocycles. The number of pyridine rings is 1. The van der Waals surface area contributed by atoms with Crippen molar-refractivity contribution >= 4 is 38.7 Å². The van der Waals surface area contributed by atoms with E-state index in [4.69, 9.17) is 9.47 Å². The number of aromatic nitrogens is 3. The number of rotatable bonds is 8. The molecule has 0 unspecified atom stereocenters. The molecule has 0 aliphatic carbocycles. The standard InChI is InChI=1S/C20H21BrN6O2/c1-12-13(8-22)5-4-6-14(12)9-23-18-16-7-15(21)10-24-19(16)27-20(26-18)25-11-17(28-2)29-3/h4-7,10,17H,9,11H2,1-3H3,(H2,23,24,25,26,27). The highest BCUT2D eigenvalue weighted by Gasteiger charge is 2.12. The van der Waals surface area contributed by atoms with Crippen LogP contribution in [0.4, 0.5) is 11.8 Å². The molecule has 0 aliphatic rings. The van der Waals surface area contributed by atoms with Gasteiger partial charge in [0.1, 0.15) is 5.82 Å². The van der Waals surface area contributed by atoms with Crippen LogP contribution in [-0.2, 0) is 16.0 Å². The minimum Gasteiger partial charge on any atom is -0.365 e. The van der Waals surface area contributed by atoms with Crippen molar-refractivity contribution in [3.63, 3.8) is 0 Å². The number of benzene rings is 1. The fraction of sp³-hybridized carbons (Fsp3) is 0.300. The van der Waals surface area contributed by atoms with Gasteiger partial charge in [-0.15, -0.1) is 0 Å². The van der Waals surface area contributed by atoms with Gasteiger partial charge in [-0.3, -0.25) is 0 Å². The second kappa shape index (κ2) is 9.60. The highest BCUT2D eigenvalue weighted by atomic mass is 79.9. The van der Waals surface area contributed by atoms with Crippen LogP contribution >= 0.6 is 15.9 Å². The van der Waals surface area contributed by atoms with E-state index in [1.54, 1.807) is 20.4 Å². The maximum atomic E-state index is 9.25. The summed E-state index contributed by atoms with van der Waals surface area (Å²) in [6.07, 6.45) is 1.27. The van der Waals surface area contributed by atoms with Gasteiger partial charge in [-0.05, 0) is 46.1 Å². The largest absolute Gasteiger partial charge is 0.365 e. The first-order valence-electron chi connectivity index (χ1n) is 8.91. The lowest BCUT2D eigenvalue weighted by Gasteiger charge is -2.16. The summed E-state index contributed by atoms with van der Waals surface area (Å²) in [6, 6.07) is 9.81. The minimum absolute atomic E-state index is 0.387. The molecule has 1 aromatic carbocycles. The number of nitrogens with zero attached hydrogens (tertiary/aromatic N) is 4. The molecule has 8 nitrogen and oxygen atoms in total. The molecule has 0 atom stereocenters. The van der Waals surface area contributed by atoms with Crippen LogP contribution in [0.5, 0.6) is 0 Å². The number of hydrogen-bond donors (Lipinski definition) is 2. The molecule has 0 spiro atoms. The van der Waals surface area contributed by atoms with Gasteiger partial charge in [0.05, 0.1) is 23.6 Å². The Morgan fingerprint density at radius 1 is 1.21 bits per heavy atom. The van der Waals surface area contributed by atoms with Gasteiger partial charge in [-0.2, -0.15) is 15.2 Å². The topological polar surface area (TPSA) is 105 Å². The molecular weight excluding hydrogens is 436 g/mol. The summed E-state index contributed by atoms with van der Waals surface area (Å²) in [5.41, 5.74) is 3.18. The second-order valence-electron chi connectivity index (χ2n) is 6.26. The maximum Gasteiger partial charge on any atom is 0.226 e. The van der Waals surface area contributed by atoms with Crippen molar-refractivity contribution in [1.29, 1.82) is 5.26 Å². The van der Waals surface area contributed by atoms with Crippen LogP contribution < -0.4 is 10.6 Å². The summed E-state index contributed by atoms with van der Waals surface area (Å²) < 4.78 is 11.2. The van der Waals surface area contributed by atoms with Crippen molar-refractivity contribution in [3.05, 3.63) is 51.6 Å². The lowest BCUT2D eigenvalue weighted by molar-refractivity contribution is -0.0914. The van der Waals surface area contributed by atoms with Crippen LogP contribution in [0.25, 0.3) is 11.0 Å². The molecule has 0 aliphatic heterocycles. The summed E-state index contributed by atoms with van der Waals surface area (Å²) in [5, 5.41) is 16.5. The Hall–Kier alpha value is -2.80. The van der Waals surface area contributed by atoms with Crippen LogP contribution in [-0.4, -0.2) is 42.0 Å². The normalized spacial score (nSPS) is 10.9. The van der Waals surface area contributed by atoms with Crippen molar-refractivity contribution in [2.75, 3.05) is 31.4 Å². The lowest BCUT2D eigenvalue weighted by atomic mass is 10.0. The molecule has 29 heavy (non-hydrogen) atoms. The monoisotopic (exact) mass is 456 g/mol. The first-order chi connectivity index (χ1) is 14.0. The third kappa shape index (κ3) is 4.98. The molecule has 0 radical (unpaired) electrons. The number of nitriles is 1. The molecule has 0 bridgehead atoms. The van der Waals surface area contributed by atoms with Crippen LogP contribution in [0, 0.1) is 18.3 Å². The van der Waals surface area contributed by atoms with Gasteiger partial charge < -0.3 is 20.1 Å². The van der Waals surface area contributed by atoms with E-state index in [0.717, 1.165) is 21.0 Å². The molecule has 0 saturated carbocycles. The van der Waals surface area contributed by atoms with Crippen molar-refractivity contribution in [2.24, 2.45) is 0 Å². The number of hydrogen-bond acceptors (Lipinski definition) is 8. The average Bonchev–Trinajstić information content (AvgIpc) is 2.73. The van der Waals surface area contributed by atoms with Crippen LogP contribution in [0.1, 0.15) is 16.7 Å². The van der Waals surface area contributed by atoms with Gasteiger partial charge in [0, 0.05) is 31.4 Å². The molecule has 3 aromatic rings. The predicted octanol–water partition coefficient (Wildman–Crippen LogP) is 3.61. The number of nitrogens with one attached hydrogen (secondary N) is 2. The smallest absolute Gasteiger partial charge is 0.226 e. The SMILES string of the molecule is COC(CNc1nc(NCc2cccc(C#N)c2C)c2cc(Br)cnc2n1)OC. The quantitative estimate of drug-likeness (QED) is 0.495. The molecule has 2 heterocycles. The van der Waals surface area contributed by atoms with Crippen LogP contribution in [0.3, 0.4) is 0 Å². The first kappa shape index (κ1) is 20.9. The Kier molecular flexibility index (Phi) is 6.93. The first-order valence-corrected chi connectivity index (χ1v) is 9.70. The van der Waals surface area contributed by atoms with Gasteiger partial charge in [0.2, 0.25) is 5.95 Å². The highest BCUT2D eigenvalue weighted by Crippen LogP contribution is 2.25. The zero-order valence-electron chi connectivity index (χ0n) is 16.4. The van der Waals surface area contributed by atoms with Gasteiger partial charge in [-0.1, -0.05) is 12.1 Å². The predicted molar refractivity (Wildman–Crippen MR) is 115 cm³/mol. The van der Waals surface area contributed by atoms with Crippen molar-refractivity contribution in [2.45, 2.75) is 19.8 Å². The zero-order chi connectivity index (χ0) is 20.8. The van der Waals surface area contributed by atoms with Crippen LogP contribution in [0.15, 0.2) is 34.9 Å². The highest BCUT2D eigenvalue weighted by molar-refractivity contribution is 9.10. The molecule has 3 rings (SSSR count). The lowest BCUT2D eigenvalue weighted by Crippen LogP contribution is -2.24. The molecule has 2 aromatic heterocycles. The van der Waals surface area contributed by atoms with Crippen molar-refractivity contribution < 1.29 is 9.47 Å². The number of ether oxygens (including phenoxy) is 2. The summed E-state index contributed by atoms with van der Waals surface area (Å²) in [7, 11) is 3.14. The third-order valence-corrected chi connectivity index (χ3v) is 4.92. The van der Waals surface area contributed by atoms with Gasteiger partial charge in [0.25, 0.3) is 0 Å². The van der Waals surface area contributed by atoms with E-state index in [-0.39, 0.29) is 0 Å². The summed E-state index contributed by atoms with van der Waals surface area (Å²) in [4.78, 5) is 13.5. The molecular formula is C20H21BrN6O2. The van der Waals surface area contributed by atoms with E-state index in [9.17, 15) is 5.26 Å².